The van der Waals surface area contributed by atoms with Gasteiger partial charge in [0.15, 0.2) is 0 Å². The van der Waals surface area contributed by atoms with Crippen LogP contribution in [-0.4, -0.2) is 42.4 Å². The molecule has 0 saturated carbocycles. The molecule has 1 atom stereocenters. The molecule has 0 radical (unpaired) electrons. The number of carbonyl (C=O) groups excluding carboxylic acids is 2. The molecule has 1 unspecified atom stereocenters. The van der Waals surface area contributed by atoms with Crippen LogP contribution >= 0.6 is 11.8 Å². The summed E-state index contributed by atoms with van der Waals surface area (Å²) in [6.45, 7) is 1.92. The Hall–Kier alpha value is -2.54. The van der Waals surface area contributed by atoms with E-state index in [-0.39, 0.29) is 24.3 Å². The molecule has 0 aliphatic carbocycles. The fourth-order valence-corrected chi connectivity index (χ4v) is 4.01. The summed E-state index contributed by atoms with van der Waals surface area (Å²) in [6, 6.07) is 9.52. The van der Waals surface area contributed by atoms with E-state index in [1.54, 1.807) is 26.4 Å². The third-order valence-electron chi connectivity index (χ3n) is 4.04. The second-order valence-electron chi connectivity index (χ2n) is 5.73. The zero-order chi connectivity index (χ0) is 18.5. The number of nitrogens with zero attached hydrogens (tertiary/aromatic N) is 2. The molecular weight excluding hydrogens is 352 g/mol. The van der Waals surface area contributed by atoms with Gasteiger partial charge >= 0.3 is 5.97 Å². The van der Waals surface area contributed by atoms with Crippen molar-refractivity contribution in [3.63, 3.8) is 0 Å². The van der Waals surface area contributed by atoms with Crippen molar-refractivity contribution in [3.8, 4) is 5.75 Å². The Morgan fingerprint density at radius 1 is 1.27 bits per heavy atom. The monoisotopic (exact) mass is 372 g/mol. The number of hydrogen-bond acceptors (Lipinski definition) is 6. The van der Waals surface area contributed by atoms with Gasteiger partial charge in [0, 0.05) is 11.1 Å². The lowest BCUT2D eigenvalue weighted by Crippen LogP contribution is -2.45. The zero-order valence-electron chi connectivity index (χ0n) is 14.7. The smallest absolute Gasteiger partial charge is 0.326 e. The fourth-order valence-electron chi connectivity index (χ4n) is 2.78. The van der Waals surface area contributed by atoms with Gasteiger partial charge in [0.2, 0.25) is 5.91 Å². The van der Waals surface area contributed by atoms with E-state index in [0.717, 1.165) is 16.2 Å². The van der Waals surface area contributed by atoms with Crippen molar-refractivity contribution in [2.45, 2.75) is 23.5 Å². The van der Waals surface area contributed by atoms with E-state index >= 15 is 0 Å². The molecule has 6 nitrogen and oxygen atoms in total. The van der Waals surface area contributed by atoms with Gasteiger partial charge in [-0.2, -0.15) is 0 Å². The van der Waals surface area contributed by atoms with Crippen LogP contribution in [0.5, 0.6) is 5.75 Å². The lowest BCUT2D eigenvalue weighted by molar-refractivity contribution is -0.142. The third kappa shape index (κ3) is 3.99. The number of rotatable bonds is 6. The average molecular weight is 372 g/mol. The fraction of sp³-hybridized carbons (Fsp3) is 0.316. The molecule has 1 amide bonds. The minimum absolute atomic E-state index is 0.106. The Kier molecular flexibility index (Phi) is 5.78. The summed E-state index contributed by atoms with van der Waals surface area (Å²) >= 11 is 1.50. The van der Waals surface area contributed by atoms with E-state index in [9.17, 15) is 9.59 Å². The van der Waals surface area contributed by atoms with Gasteiger partial charge in [-0.15, -0.1) is 11.8 Å². The molecule has 1 aliphatic heterocycles. The standard InChI is InChI=1S/C19H20N2O4S/c1-3-25-18(22)12-21-15-11-20-9-8-16(15)26-17(19(21)23)10-13-4-6-14(24-2)7-5-13/h4-9,11,17H,3,10,12H2,1-2H3. The first kappa shape index (κ1) is 18.3. The van der Waals surface area contributed by atoms with Gasteiger partial charge in [-0.05, 0) is 37.1 Å². The molecule has 26 heavy (non-hydrogen) atoms. The molecule has 2 heterocycles. The van der Waals surface area contributed by atoms with Crippen LogP contribution < -0.4 is 9.64 Å². The molecule has 0 N–H and O–H groups in total. The van der Waals surface area contributed by atoms with Crippen molar-refractivity contribution in [1.29, 1.82) is 0 Å². The first-order valence-electron chi connectivity index (χ1n) is 8.33. The van der Waals surface area contributed by atoms with Crippen LogP contribution in [-0.2, 0) is 20.7 Å². The number of pyridine rings is 1. The van der Waals surface area contributed by atoms with Gasteiger partial charge in [-0.25, -0.2) is 0 Å². The first-order valence-corrected chi connectivity index (χ1v) is 9.21. The predicted molar refractivity (Wildman–Crippen MR) is 99.6 cm³/mol. The highest BCUT2D eigenvalue weighted by Crippen LogP contribution is 2.39. The van der Waals surface area contributed by atoms with Crippen LogP contribution in [0.2, 0.25) is 0 Å². The number of thioether (sulfide) groups is 1. The maximum atomic E-state index is 13.0. The van der Waals surface area contributed by atoms with Crippen molar-refractivity contribution in [3.05, 3.63) is 48.3 Å². The van der Waals surface area contributed by atoms with Crippen molar-refractivity contribution in [2.24, 2.45) is 0 Å². The molecule has 136 valence electrons. The topological polar surface area (TPSA) is 68.7 Å². The summed E-state index contributed by atoms with van der Waals surface area (Å²) in [5, 5.41) is -0.312. The van der Waals surface area contributed by atoms with E-state index in [2.05, 4.69) is 4.98 Å². The van der Waals surface area contributed by atoms with Gasteiger partial charge in [-0.1, -0.05) is 12.1 Å². The summed E-state index contributed by atoms with van der Waals surface area (Å²) in [5.41, 5.74) is 1.69. The van der Waals surface area contributed by atoms with Gasteiger partial charge in [0.1, 0.15) is 12.3 Å². The highest BCUT2D eigenvalue weighted by Gasteiger charge is 2.35. The van der Waals surface area contributed by atoms with E-state index in [1.807, 2.05) is 30.3 Å². The number of aromatic nitrogens is 1. The van der Waals surface area contributed by atoms with Gasteiger partial charge < -0.3 is 9.47 Å². The molecule has 0 saturated heterocycles. The van der Waals surface area contributed by atoms with Crippen molar-refractivity contribution < 1.29 is 19.1 Å². The third-order valence-corrected chi connectivity index (χ3v) is 5.29. The summed E-state index contributed by atoms with van der Waals surface area (Å²) in [6.07, 6.45) is 3.87. The van der Waals surface area contributed by atoms with Crippen LogP contribution in [0.25, 0.3) is 0 Å². The Balaban J connectivity index is 1.83. The SMILES string of the molecule is CCOC(=O)CN1C(=O)C(Cc2ccc(OC)cc2)Sc2ccncc21. The Morgan fingerprint density at radius 2 is 2.04 bits per heavy atom. The Labute approximate surface area is 156 Å². The quantitative estimate of drug-likeness (QED) is 0.726. The van der Waals surface area contributed by atoms with E-state index in [1.165, 1.54) is 16.7 Å². The molecular formula is C19H20N2O4S. The zero-order valence-corrected chi connectivity index (χ0v) is 15.5. The molecule has 1 aromatic carbocycles. The van der Waals surface area contributed by atoms with Crippen LogP contribution in [0, 0.1) is 0 Å². The number of benzene rings is 1. The van der Waals surface area contributed by atoms with Crippen LogP contribution in [0.4, 0.5) is 5.69 Å². The second-order valence-corrected chi connectivity index (χ2v) is 6.98. The van der Waals surface area contributed by atoms with E-state index in [0.29, 0.717) is 12.1 Å². The summed E-state index contributed by atoms with van der Waals surface area (Å²) in [7, 11) is 1.62. The Bertz CT molecular complexity index is 794. The number of hydrogen-bond donors (Lipinski definition) is 0. The number of esters is 1. The summed E-state index contributed by atoms with van der Waals surface area (Å²) < 4.78 is 10.2. The molecule has 1 aliphatic rings. The lowest BCUT2D eigenvalue weighted by atomic mass is 10.1. The summed E-state index contributed by atoms with van der Waals surface area (Å²) in [4.78, 5) is 31.4. The minimum atomic E-state index is -0.425. The number of amides is 1. The van der Waals surface area contributed by atoms with Gasteiger partial charge in [0.05, 0.1) is 30.9 Å². The molecule has 0 bridgehead atoms. The molecule has 2 aromatic rings. The van der Waals surface area contributed by atoms with Crippen LogP contribution in [0.3, 0.4) is 0 Å². The first-order chi connectivity index (χ1) is 12.6. The molecule has 0 fully saturated rings. The average Bonchev–Trinajstić information content (AvgIpc) is 2.66. The highest BCUT2D eigenvalue weighted by molar-refractivity contribution is 8.01. The second kappa shape index (κ2) is 8.23. The Morgan fingerprint density at radius 3 is 2.73 bits per heavy atom. The minimum Gasteiger partial charge on any atom is -0.497 e. The van der Waals surface area contributed by atoms with Gasteiger partial charge in [0.25, 0.3) is 0 Å². The normalized spacial score (nSPS) is 16.2. The molecule has 7 heteroatoms. The molecule has 0 spiro atoms. The maximum Gasteiger partial charge on any atom is 0.326 e. The summed E-state index contributed by atoms with van der Waals surface area (Å²) in [5.74, 6) is 0.238. The number of carbonyl (C=O) groups is 2. The van der Waals surface area contributed by atoms with E-state index < -0.39 is 5.97 Å². The number of anilines is 1. The van der Waals surface area contributed by atoms with E-state index in [4.69, 9.17) is 9.47 Å². The largest absolute Gasteiger partial charge is 0.497 e. The van der Waals surface area contributed by atoms with Gasteiger partial charge in [-0.3, -0.25) is 19.5 Å². The number of ether oxygens (including phenoxy) is 2. The van der Waals surface area contributed by atoms with Crippen molar-refractivity contribution >= 4 is 29.3 Å². The molecule has 3 rings (SSSR count). The number of fused-ring (bicyclic) bond motifs is 1. The lowest BCUT2D eigenvalue weighted by Gasteiger charge is -2.32. The van der Waals surface area contributed by atoms with Crippen molar-refractivity contribution in [1.82, 2.24) is 4.98 Å². The maximum absolute atomic E-state index is 13.0. The van der Waals surface area contributed by atoms with Crippen LogP contribution in [0.15, 0.2) is 47.6 Å². The molecule has 1 aromatic heterocycles. The number of methoxy groups -OCH3 is 1. The van der Waals surface area contributed by atoms with Crippen LogP contribution in [0.1, 0.15) is 12.5 Å². The predicted octanol–water partition coefficient (Wildman–Crippen LogP) is 2.70. The van der Waals surface area contributed by atoms with Crippen molar-refractivity contribution in [2.75, 3.05) is 25.2 Å². The highest BCUT2D eigenvalue weighted by atomic mass is 32.2.